The van der Waals surface area contributed by atoms with Gasteiger partial charge >= 0.3 is 5.97 Å². The van der Waals surface area contributed by atoms with Crippen LogP contribution in [0.25, 0.3) is 6.08 Å². The van der Waals surface area contributed by atoms with Crippen molar-refractivity contribution in [1.29, 1.82) is 0 Å². The number of rotatable bonds is 7. The monoisotopic (exact) mass is 412 g/mol. The van der Waals surface area contributed by atoms with Gasteiger partial charge in [0.2, 0.25) is 0 Å². The number of carboxylic acid groups (broad SMARTS) is 1. The van der Waals surface area contributed by atoms with E-state index in [1.54, 1.807) is 19.1 Å². The Hall–Kier alpha value is -1.91. The first-order valence-electron chi connectivity index (χ1n) is 7.50. The van der Waals surface area contributed by atoms with Crippen LogP contribution in [-0.2, 0) is 9.59 Å². The molecule has 7 nitrogen and oxygen atoms in total. The number of hydrogen-bond acceptors (Lipinski definition) is 7. The molecule has 0 saturated carbocycles. The second kappa shape index (κ2) is 8.65. The Labute approximate surface area is 164 Å². The molecule has 0 aliphatic carbocycles. The highest BCUT2D eigenvalue weighted by Crippen LogP contribution is 2.35. The number of aryl methyl sites for hydroxylation is 1. The highest BCUT2D eigenvalue weighted by atomic mass is 32.2. The molecular weight excluding hydrogens is 396 g/mol. The van der Waals surface area contributed by atoms with Gasteiger partial charge in [0.1, 0.15) is 10.4 Å². The van der Waals surface area contributed by atoms with Crippen LogP contribution in [0.1, 0.15) is 17.5 Å². The number of aliphatic carboxylic acids is 1. The molecule has 0 bridgehead atoms. The lowest BCUT2D eigenvalue weighted by Gasteiger charge is -2.22. The first-order valence-corrected chi connectivity index (χ1v) is 10.1. The van der Waals surface area contributed by atoms with E-state index in [-0.39, 0.29) is 21.3 Å². The Balaban J connectivity index is 2.33. The van der Waals surface area contributed by atoms with E-state index in [1.165, 1.54) is 23.9 Å². The smallest absolute Gasteiger partial charge is 0.326 e. The minimum Gasteiger partial charge on any atom is -0.480 e. The van der Waals surface area contributed by atoms with Crippen LogP contribution in [0, 0.1) is 17.0 Å². The quantitative estimate of drug-likeness (QED) is 0.315. The van der Waals surface area contributed by atoms with Gasteiger partial charge in [0.15, 0.2) is 0 Å². The molecule has 2 rings (SSSR count). The second-order valence-corrected chi connectivity index (χ2v) is 8.15. The van der Waals surface area contributed by atoms with Crippen LogP contribution in [0.5, 0.6) is 0 Å². The van der Waals surface area contributed by atoms with E-state index in [4.69, 9.17) is 12.2 Å². The fourth-order valence-electron chi connectivity index (χ4n) is 2.41. The summed E-state index contributed by atoms with van der Waals surface area (Å²) in [4.78, 5) is 36.1. The molecule has 1 aromatic carbocycles. The molecule has 1 aliphatic heterocycles. The molecule has 1 N–H and O–H groups in total. The van der Waals surface area contributed by atoms with Gasteiger partial charge in [0, 0.05) is 11.6 Å². The van der Waals surface area contributed by atoms with Gasteiger partial charge in [-0.25, -0.2) is 4.79 Å². The minimum atomic E-state index is -1.11. The zero-order chi connectivity index (χ0) is 19.4. The predicted molar refractivity (Wildman–Crippen MR) is 107 cm³/mol. The maximum Gasteiger partial charge on any atom is 0.326 e. The molecule has 1 aromatic rings. The Kier molecular flexibility index (Phi) is 6.79. The van der Waals surface area contributed by atoms with E-state index in [0.717, 1.165) is 16.7 Å². The summed E-state index contributed by atoms with van der Waals surface area (Å²) in [6, 6.07) is 3.62. The van der Waals surface area contributed by atoms with E-state index in [1.807, 2.05) is 6.26 Å². The van der Waals surface area contributed by atoms with Gasteiger partial charge in [-0.2, -0.15) is 11.8 Å². The van der Waals surface area contributed by atoms with Crippen LogP contribution in [-0.4, -0.2) is 49.2 Å². The van der Waals surface area contributed by atoms with E-state index >= 15 is 0 Å². The average molecular weight is 413 g/mol. The van der Waals surface area contributed by atoms with Crippen LogP contribution < -0.4 is 0 Å². The van der Waals surface area contributed by atoms with Crippen molar-refractivity contribution < 1.29 is 19.6 Å². The van der Waals surface area contributed by atoms with Crippen molar-refractivity contribution in [3.63, 3.8) is 0 Å². The van der Waals surface area contributed by atoms with Gasteiger partial charge < -0.3 is 5.11 Å². The number of thioether (sulfide) groups is 2. The number of carbonyl (C=O) groups is 2. The number of benzene rings is 1. The van der Waals surface area contributed by atoms with Crippen molar-refractivity contribution >= 4 is 63.7 Å². The molecule has 1 amide bonds. The summed E-state index contributed by atoms with van der Waals surface area (Å²) < 4.78 is 0.177. The number of thiocarbonyl (C=S) groups is 1. The summed E-state index contributed by atoms with van der Waals surface area (Å²) in [6.07, 6.45) is 3.64. The molecule has 138 valence electrons. The van der Waals surface area contributed by atoms with Crippen molar-refractivity contribution in [3.05, 3.63) is 44.3 Å². The Bertz CT molecular complexity index is 809. The van der Waals surface area contributed by atoms with Crippen LogP contribution in [0.15, 0.2) is 23.1 Å². The summed E-state index contributed by atoms with van der Waals surface area (Å²) in [6.45, 7) is 1.63. The van der Waals surface area contributed by atoms with E-state index in [9.17, 15) is 24.8 Å². The fourth-order valence-corrected chi connectivity index (χ4v) is 4.22. The summed E-state index contributed by atoms with van der Waals surface area (Å²) in [5, 5.41) is 20.5. The minimum absolute atomic E-state index is 0.0439. The standard InChI is InChI=1S/C16H16N2O5S3/c1-9-3-4-10(7-12(9)18(22)23)8-13-14(19)17(16(24)26-13)11(15(20)21)5-6-25-2/h3-4,7-8,11H,5-6H2,1-2H3,(H,20,21)/b13-8+/t11-/m1/s1. The number of nitro benzene ring substituents is 1. The third-order valence-corrected chi connectivity index (χ3v) is 5.72. The molecule has 0 unspecified atom stereocenters. The van der Waals surface area contributed by atoms with E-state index < -0.39 is 22.8 Å². The second-order valence-electron chi connectivity index (χ2n) is 5.49. The van der Waals surface area contributed by atoms with Gasteiger partial charge in [-0.1, -0.05) is 36.1 Å². The average Bonchev–Trinajstić information content (AvgIpc) is 2.84. The SMILES string of the molecule is CSCC[C@H](C(=O)O)N1C(=O)/C(=C\c2ccc(C)c([N+](=O)[O-])c2)SC1=S. The number of hydrogen-bond donors (Lipinski definition) is 1. The Morgan fingerprint density at radius 3 is 2.81 bits per heavy atom. The van der Waals surface area contributed by atoms with Crippen molar-refractivity contribution in [3.8, 4) is 0 Å². The molecule has 26 heavy (non-hydrogen) atoms. The first kappa shape index (κ1) is 20.4. The van der Waals surface area contributed by atoms with Crippen LogP contribution >= 0.6 is 35.7 Å². The lowest BCUT2D eigenvalue weighted by molar-refractivity contribution is -0.385. The van der Waals surface area contributed by atoms with E-state index in [0.29, 0.717) is 16.9 Å². The molecule has 10 heteroatoms. The summed E-state index contributed by atoms with van der Waals surface area (Å²) in [7, 11) is 0. The third-order valence-electron chi connectivity index (χ3n) is 3.74. The number of nitro groups is 1. The van der Waals surface area contributed by atoms with Crippen LogP contribution in [0.4, 0.5) is 5.69 Å². The molecule has 0 spiro atoms. The van der Waals surface area contributed by atoms with Gasteiger partial charge in [-0.3, -0.25) is 19.8 Å². The maximum absolute atomic E-state index is 12.7. The Morgan fingerprint density at radius 1 is 1.54 bits per heavy atom. The molecular formula is C16H16N2O5S3. The largest absolute Gasteiger partial charge is 0.480 e. The fraction of sp³-hybridized carbons (Fsp3) is 0.312. The van der Waals surface area contributed by atoms with Gasteiger partial charge in [-0.05, 0) is 37.0 Å². The molecule has 1 aliphatic rings. The third kappa shape index (κ3) is 4.43. The normalized spacial score (nSPS) is 17.0. The van der Waals surface area contributed by atoms with Crippen molar-refractivity contribution in [2.75, 3.05) is 12.0 Å². The van der Waals surface area contributed by atoms with E-state index in [2.05, 4.69) is 0 Å². The number of nitrogens with zero attached hydrogens (tertiary/aromatic N) is 2. The molecule has 1 heterocycles. The topological polar surface area (TPSA) is 101 Å². The van der Waals surface area contributed by atoms with Crippen molar-refractivity contribution in [1.82, 2.24) is 4.90 Å². The zero-order valence-corrected chi connectivity index (χ0v) is 16.4. The molecule has 1 saturated heterocycles. The zero-order valence-electron chi connectivity index (χ0n) is 14.0. The predicted octanol–water partition coefficient (Wildman–Crippen LogP) is 3.31. The summed E-state index contributed by atoms with van der Waals surface area (Å²) in [5.41, 5.74) is 0.958. The summed E-state index contributed by atoms with van der Waals surface area (Å²) in [5.74, 6) is -1.02. The highest BCUT2D eigenvalue weighted by molar-refractivity contribution is 8.26. The number of carbonyl (C=O) groups excluding carboxylic acids is 1. The number of amides is 1. The molecule has 0 radical (unpaired) electrons. The van der Waals surface area contributed by atoms with Gasteiger partial charge in [0.25, 0.3) is 11.6 Å². The maximum atomic E-state index is 12.7. The van der Waals surface area contributed by atoms with Crippen LogP contribution in [0.3, 0.4) is 0 Å². The lowest BCUT2D eigenvalue weighted by Crippen LogP contribution is -2.44. The summed E-state index contributed by atoms with van der Waals surface area (Å²) >= 11 is 7.68. The first-order chi connectivity index (χ1) is 12.3. The van der Waals surface area contributed by atoms with Gasteiger partial charge in [-0.15, -0.1) is 0 Å². The van der Waals surface area contributed by atoms with Gasteiger partial charge in [0.05, 0.1) is 9.83 Å². The van der Waals surface area contributed by atoms with Crippen molar-refractivity contribution in [2.45, 2.75) is 19.4 Å². The molecule has 1 fully saturated rings. The highest BCUT2D eigenvalue weighted by Gasteiger charge is 2.40. The molecule has 0 aromatic heterocycles. The Morgan fingerprint density at radius 2 is 2.23 bits per heavy atom. The number of carboxylic acids is 1. The van der Waals surface area contributed by atoms with Crippen LogP contribution in [0.2, 0.25) is 0 Å². The lowest BCUT2D eigenvalue weighted by atomic mass is 10.1. The molecule has 1 atom stereocenters. The van der Waals surface area contributed by atoms with Crippen molar-refractivity contribution in [2.24, 2.45) is 0 Å².